The molecule has 0 saturated carbocycles. The molecule has 4 N–H and O–H groups in total. The highest BCUT2D eigenvalue weighted by Gasteiger charge is 2.42. The zero-order valence-corrected chi connectivity index (χ0v) is 16.7. The number of hydrogen-bond acceptors (Lipinski definition) is 5. The molecule has 0 aliphatic carbocycles. The van der Waals surface area contributed by atoms with E-state index in [0.29, 0.717) is 12.4 Å². The van der Waals surface area contributed by atoms with Crippen LogP contribution in [0.1, 0.15) is 42.6 Å². The lowest BCUT2D eigenvalue weighted by Crippen LogP contribution is -2.27. The van der Waals surface area contributed by atoms with E-state index in [1.807, 2.05) is 26.0 Å². The fraction of sp³-hybridized carbons (Fsp3) is 0.300. The van der Waals surface area contributed by atoms with Crippen LogP contribution in [0.2, 0.25) is 0 Å². The number of phenolic OH excluding ortho intramolecular Hbond substituents is 1. The predicted molar refractivity (Wildman–Crippen MR) is 104 cm³/mol. The molecule has 0 amide bonds. The van der Waals surface area contributed by atoms with Gasteiger partial charge in [0.25, 0.3) is 0 Å². The minimum absolute atomic E-state index is 0.0841. The molecule has 0 radical (unpaired) electrons. The molecular weight excluding hydrogens is 399 g/mol. The summed E-state index contributed by atoms with van der Waals surface area (Å²) in [6, 6.07) is 9.33. The first-order valence-electron chi connectivity index (χ1n) is 8.98. The molecule has 0 saturated heterocycles. The summed E-state index contributed by atoms with van der Waals surface area (Å²) in [6.45, 7) is 4.62. The Hall–Kier alpha value is -2.51. The summed E-state index contributed by atoms with van der Waals surface area (Å²) in [4.78, 5) is 21.6. The summed E-state index contributed by atoms with van der Waals surface area (Å²) in [5.41, 5.74) is 2.84. The monoisotopic (exact) mass is 420 g/mol. The molecule has 0 spiro atoms. The third-order valence-electron chi connectivity index (χ3n) is 4.94. The van der Waals surface area contributed by atoms with Crippen LogP contribution in [0.3, 0.4) is 0 Å². The third kappa shape index (κ3) is 3.97. The van der Waals surface area contributed by atoms with Crippen molar-refractivity contribution in [2.75, 3.05) is 6.61 Å². The second-order valence-corrected chi connectivity index (χ2v) is 8.65. The number of phosphoric acid groups is 1. The first kappa shape index (κ1) is 19.8. The highest BCUT2D eigenvalue weighted by molar-refractivity contribution is 7.45. The Labute approximate surface area is 167 Å². The lowest BCUT2D eigenvalue weighted by Gasteiger charge is -2.28. The van der Waals surface area contributed by atoms with Crippen LogP contribution < -0.4 is 14.2 Å². The van der Waals surface area contributed by atoms with Crippen molar-refractivity contribution >= 4 is 13.9 Å². The molecule has 2 atom stereocenters. The molecule has 29 heavy (non-hydrogen) atoms. The Morgan fingerprint density at radius 3 is 2.48 bits per heavy atom. The second-order valence-electron chi connectivity index (χ2n) is 7.63. The normalized spacial score (nSPS) is 22.4. The van der Waals surface area contributed by atoms with Crippen LogP contribution in [-0.4, -0.2) is 32.0 Å². The summed E-state index contributed by atoms with van der Waals surface area (Å²) in [6.07, 6.45) is 4.07. The van der Waals surface area contributed by atoms with Crippen LogP contribution in [0.25, 0.3) is 6.08 Å². The van der Waals surface area contributed by atoms with E-state index in [2.05, 4.69) is 18.2 Å². The number of fused-ring (bicyclic) bond motifs is 7. The van der Waals surface area contributed by atoms with Gasteiger partial charge in [0.05, 0.1) is 18.1 Å². The molecule has 2 aromatic carbocycles. The Balaban J connectivity index is 0.000000369. The van der Waals surface area contributed by atoms with Gasteiger partial charge in [0.1, 0.15) is 34.7 Å². The molecule has 3 aliphatic rings. The molecule has 0 bridgehead atoms. The van der Waals surface area contributed by atoms with Gasteiger partial charge in [-0.1, -0.05) is 6.07 Å². The lowest BCUT2D eigenvalue weighted by molar-refractivity contribution is 0.137. The predicted octanol–water partition coefficient (Wildman–Crippen LogP) is 3.26. The average molecular weight is 420 g/mol. The maximum atomic E-state index is 9.66. The molecule has 0 fully saturated rings. The summed E-state index contributed by atoms with van der Waals surface area (Å²) < 4.78 is 27.1. The molecular formula is C20H21O8P. The minimum atomic E-state index is -4.64. The van der Waals surface area contributed by atoms with Crippen molar-refractivity contribution in [3.63, 3.8) is 0 Å². The Bertz CT molecular complexity index is 1030. The zero-order valence-electron chi connectivity index (χ0n) is 15.8. The Kier molecular flexibility index (Phi) is 4.63. The van der Waals surface area contributed by atoms with Crippen LogP contribution in [0.4, 0.5) is 0 Å². The Morgan fingerprint density at radius 2 is 1.76 bits per heavy atom. The molecule has 2 aromatic rings. The van der Waals surface area contributed by atoms with Gasteiger partial charge in [-0.15, -0.1) is 0 Å². The van der Waals surface area contributed by atoms with Crippen LogP contribution in [-0.2, 0) is 4.57 Å². The van der Waals surface area contributed by atoms with E-state index in [0.717, 1.165) is 28.2 Å². The highest BCUT2D eigenvalue weighted by Crippen LogP contribution is 2.54. The number of aromatic hydroxyl groups is 1. The minimum Gasteiger partial charge on any atom is -0.508 e. The average Bonchev–Trinajstić information content (AvgIpc) is 2.98. The van der Waals surface area contributed by atoms with Crippen molar-refractivity contribution < 1.29 is 38.6 Å². The van der Waals surface area contributed by atoms with Crippen molar-refractivity contribution in [3.05, 3.63) is 53.1 Å². The van der Waals surface area contributed by atoms with Crippen LogP contribution >= 0.6 is 7.82 Å². The second kappa shape index (κ2) is 6.78. The summed E-state index contributed by atoms with van der Waals surface area (Å²) in [5, 5.41) is 9.66. The van der Waals surface area contributed by atoms with Gasteiger partial charge >= 0.3 is 7.82 Å². The molecule has 3 heterocycles. The maximum absolute atomic E-state index is 9.66. The zero-order chi connectivity index (χ0) is 21.0. The SMILES string of the molecule is CC1(C)C=Cc2c(ccc3c2OC2c4ccc(O)cc4OCC32)O1.O=P(O)(O)O. The van der Waals surface area contributed by atoms with E-state index >= 15 is 0 Å². The van der Waals surface area contributed by atoms with Gasteiger partial charge in [0.15, 0.2) is 0 Å². The quantitative estimate of drug-likeness (QED) is 0.479. The number of phenols is 1. The molecule has 9 heteroatoms. The van der Waals surface area contributed by atoms with Crippen molar-refractivity contribution in [2.24, 2.45) is 0 Å². The first-order valence-corrected chi connectivity index (χ1v) is 10.5. The van der Waals surface area contributed by atoms with E-state index in [-0.39, 0.29) is 23.4 Å². The van der Waals surface area contributed by atoms with E-state index in [1.165, 1.54) is 0 Å². The van der Waals surface area contributed by atoms with Gasteiger partial charge in [-0.05, 0) is 44.2 Å². The van der Waals surface area contributed by atoms with E-state index in [9.17, 15) is 5.11 Å². The fourth-order valence-corrected chi connectivity index (χ4v) is 3.76. The van der Waals surface area contributed by atoms with Gasteiger partial charge in [-0.25, -0.2) is 4.57 Å². The molecule has 0 aromatic heterocycles. The molecule has 5 rings (SSSR count). The van der Waals surface area contributed by atoms with Crippen LogP contribution in [0.15, 0.2) is 36.4 Å². The summed E-state index contributed by atoms with van der Waals surface area (Å²) in [5.74, 6) is 2.81. The van der Waals surface area contributed by atoms with Gasteiger partial charge < -0.3 is 34.0 Å². The third-order valence-corrected chi connectivity index (χ3v) is 4.94. The lowest BCUT2D eigenvalue weighted by atomic mass is 9.88. The number of ether oxygens (including phenoxy) is 3. The number of benzene rings is 2. The largest absolute Gasteiger partial charge is 0.508 e. The van der Waals surface area contributed by atoms with Gasteiger partial charge in [-0.2, -0.15) is 0 Å². The van der Waals surface area contributed by atoms with Crippen LogP contribution in [0.5, 0.6) is 23.0 Å². The van der Waals surface area contributed by atoms with Gasteiger partial charge in [0, 0.05) is 17.2 Å². The summed E-state index contributed by atoms with van der Waals surface area (Å²) in [7, 11) is -4.64. The van der Waals surface area contributed by atoms with E-state index in [1.54, 1.807) is 12.1 Å². The summed E-state index contributed by atoms with van der Waals surface area (Å²) >= 11 is 0. The van der Waals surface area contributed by atoms with Crippen molar-refractivity contribution in [1.82, 2.24) is 0 Å². The van der Waals surface area contributed by atoms with Gasteiger partial charge in [-0.3, -0.25) is 0 Å². The molecule has 8 nitrogen and oxygen atoms in total. The highest BCUT2D eigenvalue weighted by atomic mass is 31.2. The smallest absolute Gasteiger partial charge is 0.466 e. The fourth-order valence-electron chi connectivity index (χ4n) is 3.76. The maximum Gasteiger partial charge on any atom is 0.466 e. The standard InChI is InChI=1S/C20H18O4.H3O4P/c1-20(2)8-7-14-16(24-20)6-5-12-15-10-22-17-9-11(21)3-4-13(17)19(15)23-18(12)14;1-5(2,3)4/h3-9,15,19,21H,10H2,1-2H3;(H3,1,2,3,4). The van der Waals surface area contributed by atoms with Crippen molar-refractivity contribution in [2.45, 2.75) is 31.5 Å². The van der Waals surface area contributed by atoms with Crippen LogP contribution in [0, 0.1) is 0 Å². The molecule has 2 unspecified atom stereocenters. The first-order chi connectivity index (χ1) is 13.5. The number of hydrogen-bond donors (Lipinski definition) is 4. The number of rotatable bonds is 0. The Morgan fingerprint density at radius 1 is 1.07 bits per heavy atom. The van der Waals surface area contributed by atoms with Crippen molar-refractivity contribution in [1.29, 1.82) is 0 Å². The molecule has 154 valence electrons. The van der Waals surface area contributed by atoms with E-state index in [4.69, 9.17) is 33.5 Å². The van der Waals surface area contributed by atoms with Gasteiger partial charge in [0.2, 0.25) is 0 Å². The molecule has 3 aliphatic heterocycles. The van der Waals surface area contributed by atoms with Crippen molar-refractivity contribution in [3.8, 4) is 23.0 Å². The van der Waals surface area contributed by atoms with E-state index < -0.39 is 7.82 Å². The topological polar surface area (TPSA) is 126 Å².